The van der Waals surface area contributed by atoms with Crippen molar-refractivity contribution < 1.29 is 19.2 Å². The molecule has 0 radical (unpaired) electrons. The molecule has 4 nitrogen and oxygen atoms in total. The third-order valence-corrected chi connectivity index (χ3v) is 2.51. The van der Waals surface area contributed by atoms with Crippen molar-refractivity contribution in [2.45, 2.75) is 19.4 Å². The van der Waals surface area contributed by atoms with Crippen molar-refractivity contribution >= 4 is 30.5 Å². The van der Waals surface area contributed by atoms with Crippen molar-refractivity contribution in [2.24, 2.45) is 5.92 Å². The van der Waals surface area contributed by atoms with Crippen LogP contribution in [0.5, 0.6) is 0 Å². The Labute approximate surface area is 82.2 Å². The molecular weight excluding hydrogens is 210 g/mol. The molecule has 76 valence electrons. The van der Waals surface area contributed by atoms with Crippen LogP contribution in [0.2, 0.25) is 0 Å². The monoisotopic (exact) mass is 224 g/mol. The third-order valence-electron chi connectivity index (χ3n) is 1.63. The molecule has 0 fully saturated rings. The normalized spacial score (nSPS) is 17.6. The van der Waals surface area contributed by atoms with Crippen LogP contribution in [-0.4, -0.2) is 35.6 Å². The summed E-state index contributed by atoms with van der Waals surface area (Å²) in [4.78, 5) is 10.4. The van der Waals surface area contributed by atoms with E-state index in [0.29, 0.717) is 13.0 Å². The Balaban J connectivity index is 3.73. The topological polar surface area (TPSA) is 66.8 Å². The van der Waals surface area contributed by atoms with Crippen molar-refractivity contribution in [2.75, 3.05) is 6.61 Å². The molecule has 0 aliphatic carbocycles. The minimum atomic E-state index is -0.997. The number of aliphatic hydroxyl groups is 1. The van der Waals surface area contributed by atoms with Crippen molar-refractivity contribution in [1.82, 2.24) is 0 Å². The van der Waals surface area contributed by atoms with Gasteiger partial charge in [0.1, 0.15) is 0 Å². The van der Waals surface area contributed by atoms with Gasteiger partial charge in [-0.25, -0.2) is 0 Å². The van der Waals surface area contributed by atoms with Gasteiger partial charge in [-0.1, -0.05) is 0 Å². The summed E-state index contributed by atoms with van der Waals surface area (Å²) in [5.41, 5.74) is 0. The summed E-state index contributed by atoms with van der Waals surface area (Å²) in [6, 6.07) is 0. The molecule has 0 rings (SSSR count). The number of carbonyl (C=O) groups is 1. The summed E-state index contributed by atoms with van der Waals surface area (Å²) in [5, 5.41) is 17.9. The van der Waals surface area contributed by atoms with E-state index in [1.807, 2.05) is 0 Å². The molecule has 0 aliphatic heterocycles. The first-order chi connectivity index (χ1) is 5.95. The summed E-state index contributed by atoms with van der Waals surface area (Å²) in [7, 11) is 2.30. The zero-order valence-corrected chi connectivity index (χ0v) is 9.33. The van der Waals surface area contributed by atoms with Gasteiger partial charge >= 0.3 is 81.7 Å². The standard InChI is InChI=1S/C6H14BO4PS/c1-4(6(9)10)5(8)2-3-11-13(7)12/h4-5,7-8,12-13H,2-3H2,1H3,(H,9,10)/t4-,5+/m0/s1. The number of thiol groups is 1. The molecular formula is C6H14BO4PS. The molecule has 2 N–H and O–H groups in total. The van der Waals surface area contributed by atoms with Crippen molar-refractivity contribution in [3.05, 3.63) is 0 Å². The minimum absolute atomic E-state index is 0.312. The van der Waals surface area contributed by atoms with Crippen LogP contribution in [0.4, 0.5) is 0 Å². The van der Waals surface area contributed by atoms with E-state index in [4.69, 9.17) is 9.29 Å². The molecule has 0 amide bonds. The number of rotatable bonds is 6. The molecule has 0 saturated carbocycles. The number of hydrogen-bond donors (Lipinski definition) is 3. The zero-order valence-electron chi connectivity index (χ0n) is 7.43. The first-order valence-electron chi connectivity index (χ1n) is 3.80. The first-order valence-corrected chi connectivity index (χ1v) is 6.59. The SMILES string of the molecule is B=[SH](=P)OCC[C@@H](O)[C@H](C)C(=O)O. The second-order valence-corrected chi connectivity index (χ2v) is 5.21. The molecule has 7 heteroatoms. The van der Waals surface area contributed by atoms with E-state index in [1.165, 1.54) is 6.92 Å². The Kier molecular flexibility index (Phi) is 6.60. The zero-order chi connectivity index (χ0) is 10.4. The molecule has 0 aromatic heterocycles. The van der Waals surface area contributed by atoms with Crippen LogP contribution in [0.3, 0.4) is 0 Å². The van der Waals surface area contributed by atoms with Crippen LogP contribution in [-0.2, 0) is 18.8 Å². The summed E-state index contributed by atoms with van der Waals surface area (Å²) >= 11 is 0. The van der Waals surface area contributed by atoms with Gasteiger partial charge in [0.05, 0.1) is 0 Å². The van der Waals surface area contributed by atoms with E-state index in [-0.39, 0.29) is 0 Å². The van der Waals surface area contributed by atoms with Gasteiger partial charge in [-0.2, -0.15) is 0 Å². The fraction of sp³-hybridized carbons (Fsp3) is 0.833. The third kappa shape index (κ3) is 6.21. The number of carboxylic acids is 1. The molecule has 13 heavy (non-hydrogen) atoms. The van der Waals surface area contributed by atoms with Crippen LogP contribution in [0.25, 0.3) is 0 Å². The Hall–Kier alpha value is 0.105. The summed E-state index contributed by atoms with van der Waals surface area (Å²) in [6.07, 6.45) is -0.550. The predicted octanol–water partition coefficient (Wildman–Crippen LogP) is -0.386. The van der Waals surface area contributed by atoms with Gasteiger partial charge in [-0.15, -0.1) is 0 Å². The second kappa shape index (κ2) is 6.54. The molecule has 0 heterocycles. The fourth-order valence-electron chi connectivity index (χ4n) is 0.698. The molecule has 0 aromatic rings. The maximum atomic E-state index is 10.4. The first kappa shape index (κ1) is 13.1. The predicted molar refractivity (Wildman–Crippen MR) is 57.6 cm³/mol. The molecule has 0 aliphatic rings. The number of hydrogen-bond acceptors (Lipinski definition) is 3. The van der Waals surface area contributed by atoms with Gasteiger partial charge in [0, 0.05) is 0 Å². The van der Waals surface area contributed by atoms with E-state index < -0.39 is 27.8 Å². The summed E-state index contributed by atoms with van der Waals surface area (Å²) < 4.78 is 5.06. The van der Waals surface area contributed by atoms with E-state index in [0.717, 1.165) is 0 Å². The molecule has 0 saturated heterocycles. The van der Waals surface area contributed by atoms with E-state index in [1.54, 1.807) is 0 Å². The number of aliphatic hydroxyl groups excluding tert-OH is 1. The van der Waals surface area contributed by atoms with E-state index in [9.17, 15) is 9.90 Å². The Bertz CT molecular complexity index is 235. The van der Waals surface area contributed by atoms with Gasteiger partial charge in [0.25, 0.3) is 0 Å². The second-order valence-electron chi connectivity index (χ2n) is 2.69. The van der Waals surface area contributed by atoms with E-state index >= 15 is 0 Å². The molecule has 0 spiro atoms. The van der Waals surface area contributed by atoms with E-state index in [2.05, 4.69) is 14.7 Å². The average Bonchev–Trinajstić information content (AvgIpc) is 2.02. The quantitative estimate of drug-likeness (QED) is 0.326. The van der Waals surface area contributed by atoms with Crippen molar-refractivity contribution in [1.29, 1.82) is 0 Å². The Morgan fingerprint density at radius 3 is 2.69 bits per heavy atom. The van der Waals surface area contributed by atoms with Gasteiger partial charge in [0.2, 0.25) is 0 Å². The van der Waals surface area contributed by atoms with Gasteiger partial charge in [-0.3, -0.25) is 0 Å². The van der Waals surface area contributed by atoms with Crippen molar-refractivity contribution in [3.63, 3.8) is 0 Å². The van der Waals surface area contributed by atoms with Crippen LogP contribution in [0.1, 0.15) is 13.3 Å². The Morgan fingerprint density at radius 1 is 1.77 bits per heavy atom. The van der Waals surface area contributed by atoms with Gasteiger partial charge in [-0.05, 0) is 0 Å². The van der Waals surface area contributed by atoms with Crippen molar-refractivity contribution in [3.8, 4) is 0 Å². The molecule has 3 atom stereocenters. The summed E-state index contributed by atoms with van der Waals surface area (Å²) in [6.45, 7) is 5.36. The Morgan fingerprint density at radius 2 is 2.31 bits per heavy atom. The van der Waals surface area contributed by atoms with Gasteiger partial charge in [0.15, 0.2) is 0 Å². The van der Waals surface area contributed by atoms with Crippen LogP contribution < -0.4 is 0 Å². The molecule has 0 bridgehead atoms. The van der Waals surface area contributed by atoms with Crippen LogP contribution in [0, 0.1) is 5.92 Å². The maximum absolute atomic E-state index is 10.4. The van der Waals surface area contributed by atoms with Crippen LogP contribution >= 0.6 is 8.02 Å². The van der Waals surface area contributed by atoms with Crippen LogP contribution in [0.15, 0.2) is 0 Å². The fourth-order valence-corrected chi connectivity index (χ4v) is 1.30. The van der Waals surface area contributed by atoms with Gasteiger partial charge < -0.3 is 0 Å². The number of aliphatic carboxylic acids is 1. The molecule has 0 aromatic carbocycles. The number of carboxylic acid groups (broad SMARTS) is 1. The average molecular weight is 224 g/mol. The summed E-state index contributed by atoms with van der Waals surface area (Å²) in [5.74, 6) is -1.75. The molecule has 1 unspecified atom stereocenters.